The van der Waals surface area contributed by atoms with Crippen LogP contribution < -0.4 is 5.32 Å². The minimum atomic E-state index is -1.06. The first-order valence-corrected chi connectivity index (χ1v) is 8.24. The molecule has 2 aromatic rings. The number of halogens is 1. The average Bonchev–Trinajstić information content (AvgIpc) is 3.40. The van der Waals surface area contributed by atoms with Gasteiger partial charge in [0.1, 0.15) is 6.10 Å². The second kappa shape index (κ2) is 7.30. The molecule has 4 atom stereocenters. The number of carbonyl (C=O) groups excluding carboxylic acids is 1. The molecule has 5 nitrogen and oxygen atoms in total. The lowest BCUT2D eigenvalue weighted by atomic mass is 10.1. The highest BCUT2D eigenvalue weighted by Crippen LogP contribution is 2.49. The topological polar surface area (TPSA) is 82.5 Å². The van der Waals surface area contributed by atoms with Gasteiger partial charge in [-0.15, -0.1) is 0 Å². The molecular formula is C18H19ClN2O3. The Labute approximate surface area is 145 Å². The minimum absolute atomic E-state index is 0.0880. The quantitative estimate of drug-likeness (QED) is 0.747. The lowest BCUT2D eigenvalue weighted by Crippen LogP contribution is -2.43. The number of hydrogen-bond donors (Lipinski definition) is 3. The van der Waals surface area contributed by atoms with Gasteiger partial charge in [0.25, 0.3) is 0 Å². The van der Waals surface area contributed by atoms with Crippen LogP contribution in [0.5, 0.6) is 0 Å². The molecule has 0 aliphatic heterocycles. The predicted octanol–water partition coefficient (Wildman–Crippen LogP) is 2.05. The van der Waals surface area contributed by atoms with Gasteiger partial charge in [0.2, 0.25) is 5.91 Å². The summed E-state index contributed by atoms with van der Waals surface area (Å²) < 4.78 is 0. The van der Waals surface area contributed by atoms with Crippen LogP contribution in [-0.4, -0.2) is 33.8 Å². The van der Waals surface area contributed by atoms with Crippen molar-refractivity contribution in [1.29, 1.82) is 0 Å². The van der Waals surface area contributed by atoms with E-state index in [2.05, 4.69) is 10.3 Å². The molecule has 3 N–H and O–H groups in total. The number of benzene rings is 1. The Morgan fingerprint density at radius 1 is 1.29 bits per heavy atom. The Morgan fingerprint density at radius 2 is 2.04 bits per heavy atom. The van der Waals surface area contributed by atoms with Gasteiger partial charge in [-0.05, 0) is 36.1 Å². The lowest BCUT2D eigenvalue weighted by Gasteiger charge is -2.22. The average molecular weight is 347 g/mol. The number of hydrogen-bond acceptors (Lipinski definition) is 4. The van der Waals surface area contributed by atoms with Crippen molar-refractivity contribution in [2.45, 2.75) is 24.5 Å². The van der Waals surface area contributed by atoms with E-state index in [4.69, 9.17) is 11.6 Å². The monoisotopic (exact) mass is 346 g/mol. The van der Waals surface area contributed by atoms with Gasteiger partial charge in [0, 0.05) is 17.1 Å². The molecule has 0 unspecified atom stereocenters. The Bertz CT molecular complexity index is 710. The zero-order valence-electron chi connectivity index (χ0n) is 13.0. The molecule has 1 aliphatic carbocycles. The van der Waals surface area contributed by atoms with Gasteiger partial charge >= 0.3 is 0 Å². The maximum atomic E-state index is 12.4. The van der Waals surface area contributed by atoms with Crippen LogP contribution in [0.1, 0.15) is 29.7 Å². The number of nitrogens with zero attached hydrogens (tertiary/aromatic N) is 1. The summed E-state index contributed by atoms with van der Waals surface area (Å²) in [6.45, 7) is -0.368. The Hall–Kier alpha value is -1.95. The zero-order chi connectivity index (χ0) is 17.1. The van der Waals surface area contributed by atoms with Crippen molar-refractivity contribution < 1.29 is 15.0 Å². The molecule has 3 rings (SSSR count). The van der Waals surface area contributed by atoms with E-state index in [9.17, 15) is 15.0 Å². The number of rotatable bonds is 6. The SMILES string of the molecule is O=C(N[C@@H](CO)[C@H](O)c1ccccn1)[C@@H]1C[C@H]1c1ccccc1Cl. The Balaban J connectivity index is 1.63. The van der Waals surface area contributed by atoms with Gasteiger partial charge in [-0.25, -0.2) is 0 Å². The molecule has 0 radical (unpaired) electrons. The molecule has 1 heterocycles. The van der Waals surface area contributed by atoms with Crippen LogP contribution in [0.2, 0.25) is 5.02 Å². The van der Waals surface area contributed by atoms with Crippen molar-refractivity contribution in [2.75, 3.05) is 6.61 Å². The third kappa shape index (κ3) is 3.59. The molecule has 24 heavy (non-hydrogen) atoms. The summed E-state index contributed by atoms with van der Waals surface area (Å²) in [6, 6.07) is 11.8. The molecule has 1 aliphatic rings. The normalized spacial score (nSPS) is 21.8. The maximum Gasteiger partial charge on any atom is 0.224 e. The van der Waals surface area contributed by atoms with Crippen molar-refractivity contribution in [2.24, 2.45) is 5.92 Å². The van der Waals surface area contributed by atoms with E-state index < -0.39 is 12.1 Å². The first-order valence-electron chi connectivity index (χ1n) is 7.86. The van der Waals surface area contributed by atoms with Crippen molar-refractivity contribution in [3.05, 3.63) is 64.9 Å². The van der Waals surface area contributed by atoms with Gasteiger partial charge in [0.15, 0.2) is 0 Å². The van der Waals surface area contributed by atoms with E-state index in [0.717, 1.165) is 5.56 Å². The smallest absolute Gasteiger partial charge is 0.224 e. The number of aliphatic hydroxyl groups is 2. The van der Waals surface area contributed by atoms with Crippen molar-refractivity contribution in [3.63, 3.8) is 0 Å². The summed E-state index contributed by atoms with van der Waals surface area (Å²) in [6.07, 6.45) is 1.22. The molecule has 1 aromatic carbocycles. The highest BCUT2D eigenvalue weighted by Gasteiger charge is 2.45. The van der Waals surface area contributed by atoms with Gasteiger partial charge in [-0.1, -0.05) is 35.9 Å². The Morgan fingerprint density at radius 3 is 2.71 bits per heavy atom. The molecule has 0 spiro atoms. The number of amides is 1. The highest BCUT2D eigenvalue weighted by atomic mass is 35.5. The molecule has 1 saturated carbocycles. The number of aromatic nitrogens is 1. The molecule has 6 heteroatoms. The summed E-state index contributed by atoms with van der Waals surface area (Å²) in [5.74, 6) is -0.283. The molecule has 1 amide bonds. The van der Waals surface area contributed by atoms with Gasteiger partial charge in [-0.3, -0.25) is 9.78 Å². The second-order valence-corrected chi connectivity index (χ2v) is 6.37. The van der Waals surface area contributed by atoms with E-state index >= 15 is 0 Å². The largest absolute Gasteiger partial charge is 0.394 e. The number of pyridine rings is 1. The third-order valence-corrected chi connectivity index (χ3v) is 4.67. The summed E-state index contributed by atoms with van der Waals surface area (Å²) in [4.78, 5) is 16.5. The molecule has 1 fully saturated rings. The van der Waals surface area contributed by atoms with Crippen LogP contribution in [0.3, 0.4) is 0 Å². The number of carbonyl (C=O) groups is 1. The van der Waals surface area contributed by atoms with Crippen LogP contribution in [0.15, 0.2) is 48.7 Å². The van der Waals surface area contributed by atoms with E-state index in [0.29, 0.717) is 17.1 Å². The first-order chi connectivity index (χ1) is 11.6. The zero-order valence-corrected chi connectivity index (χ0v) is 13.7. The van der Waals surface area contributed by atoms with Crippen molar-refractivity contribution >= 4 is 17.5 Å². The lowest BCUT2D eigenvalue weighted by molar-refractivity contribution is -0.124. The van der Waals surface area contributed by atoms with Crippen LogP contribution in [-0.2, 0) is 4.79 Å². The minimum Gasteiger partial charge on any atom is -0.394 e. The Kier molecular flexibility index (Phi) is 5.14. The summed E-state index contributed by atoms with van der Waals surface area (Å²) in [7, 11) is 0. The first kappa shape index (κ1) is 16.9. The molecule has 0 saturated heterocycles. The molecule has 126 valence electrons. The number of nitrogens with one attached hydrogen (secondary N) is 1. The standard InChI is InChI=1S/C18H19ClN2O3/c19-14-6-2-1-5-11(14)12-9-13(12)18(24)21-16(10-22)17(23)15-7-3-4-8-20-15/h1-8,12-13,16-17,22-23H,9-10H2,(H,21,24)/t12-,13+,16-,17+/m0/s1. The van der Waals surface area contributed by atoms with Gasteiger partial charge in [0.05, 0.1) is 18.3 Å². The van der Waals surface area contributed by atoms with E-state index in [1.165, 1.54) is 0 Å². The maximum absolute atomic E-state index is 12.4. The summed E-state index contributed by atoms with van der Waals surface area (Å²) in [5.41, 5.74) is 1.38. The summed E-state index contributed by atoms with van der Waals surface area (Å²) in [5, 5.41) is 23.2. The third-order valence-electron chi connectivity index (χ3n) is 4.33. The van der Waals surface area contributed by atoms with E-state index in [1.807, 2.05) is 24.3 Å². The van der Waals surface area contributed by atoms with E-state index in [-0.39, 0.29) is 24.3 Å². The summed E-state index contributed by atoms with van der Waals surface area (Å²) >= 11 is 6.17. The van der Waals surface area contributed by atoms with Gasteiger partial charge in [-0.2, -0.15) is 0 Å². The molecule has 0 bridgehead atoms. The fraction of sp³-hybridized carbons (Fsp3) is 0.333. The number of aliphatic hydroxyl groups excluding tert-OH is 2. The van der Waals surface area contributed by atoms with Crippen molar-refractivity contribution in [1.82, 2.24) is 10.3 Å². The van der Waals surface area contributed by atoms with Crippen molar-refractivity contribution in [3.8, 4) is 0 Å². The highest BCUT2D eigenvalue weighted by molar-refractivity contribution is 6.31. The van der Waals surface area contributed by atoms with E-state index in [1.54, 1.807) is 24.4 Å². The van der Waals surface area contributed by atoms with Crippen LogP contribution in [0.4, 0.5) is 0 Å². The second-order valence-electron chi connectivity index (χ2n) is 5.97. The fourth-order valence-corrected chi connectivity index (χ4v) is 3.15. The van der Waals surface area contributed by atoms with Gasteiger partial charge < -0.3 is 15.5 Å². The van der Waals surface area contributed by atoms with Crippen LogP contribution >= 0.6 is 11.6 Å². The van der Waals surface area contributed by atoms with Crippen LogP contribution in [0, 0.1) is 5.92 Å². The predicted molar refractivity (Wildman–Crippen MR) is 90.5 cm³/mol. The molecular weight excluding hydrogens is 328 g/mol. The van der Waals surface area contributed by atoms with Crippen LogP contribution in [0.25, 0.3) is 0 Å². The molecule has 1 aromatic heterocycles. The fourth-order valence-electron chi connectivity index (χ4n) is 2.88.